The van der Waals surface area contributed by atoms with Gasteiger partial charge in [0.15, 0.2) is 0 Å². The van der Waals surface area contributed by atoms with E-state index in [4.69, 9.17) is 0 Å². The van der Waals surface area contributed by atoms with Crippen LogP contribution in [0.4, 0.5) is 4.39 Å². The zero-order valence-corrected chi connectivity index (χ0v) is 12.4. The van der Waals surface area contributed by atoms with Gasteiger partial charge >= 0.3 is 0 Å². The van der Waals surface area contributed by atoms with Gasteiger partial charge in [0.25, 0.3) is 0 Å². The van der Waals surface area contributed by atoms with E-state index in [9.17, 15) is 9.18 Å². The van der Waals surface area contributed by atoms with Crippen LogP contribution in [0.1, 0.15) is 44.7 Å². The van der Waals surface area contributed by atoms with Crippen molar-refractivity contribution in [3.63, 3.8) is 0 Å². The lowest BCUT2D eigenvalue weighted by Crippen LogP contribution is -2.57. The van der Waals surface area contributed by atoms with Crippen LogP contribution in [0.3, 0.4) is 0 Å². The first-order valence-corrected chi connectivity index (χ1v) is 7.22. The molecule has 1 aromatic rings. The third-order valence-corrected chi connectivity index (χ3v) is 4.35. The highest BCUT2D eigenvalue weighted by Gasteiger charge is 2.38. The first-order chi connectivity index (χ1) is 9.46. The third-order valence-electron chi connectivity index (χ3n) is 4.35. The molecule has 2 atom stereocenters. The van der Waals surface area contributed by atoms with Crippen LogP contribution in [0.2, 0.25) is 0 Å². The molecule has 0 aliphatic carbocycles. The first-order valence-electron chi connectivity index (χ1n) is 7.22. The fourth-order valence-electron chi connectivity index (χ4n) is 2.83. The summed E-state index contributed by atoms with van der Waals surface area (Å²) in [6.07, 6.45) is 2.99. The largest absolute Gasteiger partial charge is 0.337 e. The Balaban J connectivity index is 2.16. The average Bonchev–Trinajstić information content (AvgIpc) is 2.46. The van der Waals surface area contributed by atoms with Crippen molar-refractivity contribution in [1.29, 1.82) is 0 Å². The Bertz CT molecular complexity index is 483. The van der Waals surface area contributed by atoms with E-state index in [0.29, 0.717) is 5.56 Å². The van der Waals surface area contributed by atoms with Gasteiger partial charge in [-0.05, 0) is 45.7 Å². The Hall–Kier alpha value is -1.42. The summed E-state index contributed by atoms with van der Waals surface area (Å²) in [5.74, 6) is -0.227. The summed E-state index contributed by atoms with van der Waals surface area (Å²) >= 11 is 0. The number of amides is 1. The number of rotatable bonds is 3. The summed E-state index contributed by atoms with van der Waals surface area (Å²) in [5.41, 5.74) is 0.0368. The van der Waals surface area contributed by atoms with Gasteiger partial charge in [-0.3, -0.25) is 4.79 Å². The average molecular weight is 278 g/mol. The van der Waals surface area contributed by atoms with Gasteiger partial charge in [-0.15, -0.1) is 0 Å². The molecule has 4 heteroatoms. The monoisotopic (exact) mass is 278 g/mol. The van der Waals surface area contributed by atoms with Crippen molar-refractivity contribution >= 4 is 5.91 Å². The van der Waals surface area contributed by atoms with Crippen molar-refractivity contribution in [2.75, 3.05) is 13.6 Å². The molecule has 1 aliphatic rings. The molecule has 0 bridgehead atoms. The number of piperidine rings is 1. The van der Waals surface area contributed by atoms with Crippen molar-refractivity contribution in [1.82, 2.24) is 10.2 Å². The minimum Gasteiger partial charge on any atom is -0.337 e. The maximum Gasteiger partial charge on any atom is 0.242 e. The molecule has 1 aliphatic heterocycles. The number of carbonyl (C=O) groups is 1. The SMILES string of the molecule is CC(c1ccccc1F)N(C)C(=O)C1(C)CCCCN1. The second-order valence-corrected chi connectivity index (χ2v) is 5.83. The van der Waals surface area contributed by atoms with Gasteiger partial charge in [0, 0.05) is 12.6 Å². The molecule has 3 nitrogen and oxygen atoms in total. The molecular formula is C16H23FN2O. The molecule has 1 fully saturated rings. The summed E-state index contributed by atoms with van der Waals surface area (Å²) in [5, 5.41) is 3.31. The number of carbonyl (C=O) groups excluding carboxylic acids is 1. The highest BCUT2D eigenvalue weighted by Crippen LogP contribution is 2.27. The summed E-state index contributed by atoms with van der Waals surface area (Å²) in [4.78, 5) is 14.3. The molecule has 1 saturated heterocycles. The summed E-state index contributed by atoms with van der Waals surface area (Å²) in [7, 11) is 1.75. The van der Waals surface area contributed by atoms with Gasteiger partial charge in [-0.2, -0.15) is 0 Å². The Kier molecular flexibility index (Phi) is 4.43. The molecule has 20 heavy (non-hydrogen) atoms. The molecule has 1 aromatic carbocycles. The molecule has 0 spiro atoms. The van der Waals surface area contributed by atoms with E-state index in [1.807, 2.05) is 13.8 Å². The molecule has 0 radical (unpaired) electrons. The van der Waals surface area contributed by atoms with Gasteiger partial charge in [0.05, 0.1) is 11.6 Å². The van der Waals surface area contributed by atoms with E-state index in [1.54, 1.807) is 30.1 Å². The molecular weight excluding hydrogens is 255 g/mol. The van der Waals surface area contributed by atoms with E-state index in [0.717, 1.165) is 25.8 Å². The zero-order chi connectivity index (χ0) is 14.8. The van der Waals surface area contributed by atoms with E-state index in [-0.39, 0.29) is 17.8 Å². The van der Waals surface area contributed by atoms with Crippen molar-refractivity contribution in [2.45, 2.75) is 44.7 Å². The second kappa shape index (κ2) is 5.92. The van der Waals surface area contributed by atoms with E-state index >= 15 is 0 Å². The minimum absolute atomic E-state index is 0.0351. The molecule has 2 rings (SSSR count). The number of nitrogens with one attached hydrogen (secondary N) is 1. The normalized spacial score (nSPS) is 24.2. The summed E-state index contributed by atoms with van der Waals surface area (Å²) in [6.45, 7) is 4.67. The van der Waals surface area contributed by atoms with Crippen LogP contribution in [0.25, 0.3) is 0 Å². The quantitative estimate of drug-likeness (QED) is 0.922. The van der Waals surface area contributed by atoms with Crippen molar-refractivity contribution in [2.24, 2.45) is 0 Å². The van der Waals surface area contributed by atoms with Crippen LogP contribution in [-0.2, 0) is 4.79 Å². The number of likely N-dealkylation sites (N-methyl/N-ethyl adjacent to an activating group) is 1. The Morgan fingerprint density at radius 3 is 2.70 bits per heavy atom. The highest BCUT2D eigenvalue weighted by atomic mass is 19.1. The lowest BCUT2D eigenvalue weighted by atomic mass is 9.89. The summed E-state index contributed by atoms with van der Waals surface area (Å²) < 4.78 is 13.8. The molecule has 0 aromatic heterocycles. The van der Waals surface area contributed by atoms with Gasteiger partial charge in [0.2, 0.25) is 5.91 Å². The topological polar surface area (TPSA) is 32.3 Å². The van der Waals surface area contributed by atoms with Crippen molar-refractivity contribution in [3.8, 4) is 0 Å². The number of halogens is 1. The minimum atomic E-state index is -0.521. The van der Waals surface area contributed by atoms with Gasteiger partial charge < -0.3 is 10.2 Å². The fraction of sp³-hybridized carbons (Fsp3) is 0.562. The predicted molar refractivity (Wildman–Crippen MR) is 77.8 cm³/mol. The van der Waals surface area contributed by atoms with Gasteiger partial charge in [-0.1, -0.05) is 18.2 Å². The molecule has 110 valence electrons. The van der Waals surface area contributed by atoms with Crippen LogP contribution < -0.4 is 5.32 Å². The number of hydrogen-bond acceptors (Lipinski definition) is 2. The smallest absolute Gasteiger partial charge is 0.242 e. The Labute approximate surface area is 120 Å². The second-order valence-electron chi connectivity index (χ2n) is 5.83. The lowest BCUT2D eigenvalue weighted by Gasteiger charge is -2.38. The number of hydrogen-bond donors (Lipinski definition) is 1. The Morgan fingerprint density at radius 2 is 2.10 bits per heavy atom. The zero-order valence-electron chi connectivity index (χ0n) is 12.4. The van der Waals surface area contributed by atoms with E-state index in [1.165, 1.54) is 6.07 Å². The molecule has 1 N–H and O–H groups in total. The standard InChI is InChI=1S/C16H23FN2O/c1-12(13-8-4-5-9-14(13)17)19(3)15(20)16(2)10-6-7-11-18-16/h4-5,8-9,12,18H,6-7,10-11H2,1-3H3. The molecule has 2 unspecified atom stereocenters. The van der Waals surface area contributed by atoms with Crippen LogP contribution in [0.15, 0.2) is 24.3 Å². The van der Waals surface area contributed by atoms with Crippen molar-refractivity contribution < 1.29 is 9.18 Å². The first kappa shape index (κ1) is 15.0. The fourth-order valence-corrected chi connectivity index (χ4v) is 2.83. The summed E-state index contributed by atoms with van der Waals surface area (Å²) in [6, 6.07) is 6.36. The van der Waals surface area contributed by atoms with Crippen LogP contribution in [0.5, 0.6) is 0 Å². The Morgan fingerprint density at radius 1 is 1.40 bits per heavy atom. The maximum atomic E-state index is 13.8. The molecule has 1 amide bonds. The number of nitrogens with zero attached hydrogens (tertiary/aromatic N) is 1. The van der Waals surface area contributed by atoms with E-state index < -0.39 is 5.54 Å². The third kappa shape index (κ3) is 2.85. The van der Waals surface area contributed by atoms with Crippen molar-refractivity contribution in [3.05, 3.63) is 35.6 Å². The number of benzene rings is 1. The van der Waals surface area contributed by atoms with Crippen LogP contribution >= 0.6 is 0 Å². The highest BCUT2D eigenvalue weighted by molar-refractivity contribution is 5.86. The predicted octanol–water partition coefficient (Wildman–Crippen LogP) is 2.88. The maximum absolute atomic E-state index is 13.8. The van der Waals surface area contributed by atoms with Crippen LogP contribution in [-0.4, -0.2) is 29.9 Å². The van der Waals surface area contributed by atoms with Gasteiger partial charge in [0.1, 0.15) is 5.82 Å². The van der Waals surface area contributed by atoms with E-state index in [2.05, 4.69) is 5.32 Å². The molecule has 1 heterocycles. The molecule has 0 saturated carbocycles. The lowest BCUT2D eigenvalue weighted by molar-refractivity contribution is -0.139. The van der Waals surface area contributed by atoms with Gasteiger partial charge in [-0.25, -0.2) is 4.39 Å². The van der Waals surface area contributed by atoms with Crippen LogP contribution in [0, 0.1) is 5.82 Å².